The van der Waals surface area contributed by atoms with Crippen LogP contribution in [0.3, 0.4) is 0 Å². The van der Waals surface area contributed by atoms with E-state index >= 15 is 0 Å². The molecule has 2 rings (SSSR count). The fraction of sp³-hybridized carbons (Fsp3) is 0.500. The van der Waals surface area contributed by atoms with Crippen molar-refractivity contribution >= 4 is 28.3 Å². The molecule has 0 bridgehead atoms. The molecule has 1 atom stereocenters. The molecule has 1 fully saturated rings. The van der Waals surface area contributed by atoms with Gasteiger partial charge in [-0.25, -0.2) is 8.78 Å². The van der Waals surface area contributed by atoms with Crippen molar-refractivity contribution in [2.45, 2.75) is 18.9 Å². The van der Waals surface area contributed by atoms with E-state index in [0.717, 1.165) is 25.9 Å². The standard InChI is InChI=1S/C12H15BrF2N2.ClH/c13-8-1-2-9(14)10(11(8)15)12(16)7-3-5-17-6-4-7;/h1-2,7,12,17H,3-6,16H2;1H/t12-;/m1./s1. The monoisotopic (exact) mass is 340 g/mol. The van der Waals surface area contributed by atoms with E-state index in [-0.39, 0.29) is 28.4 Å². The van der Waals surface area contributed by atoms with Crippen LogP contribution in [0.5, 0.6) is 0 Å². The minimum atomic E-state index is -0.574. The zero-order valence-electron chi connectivity index (χ0n) is 9.76. The molecule has 0 radical (unpaired) electrons. The molecule has 0 aromatic heterocycles. The second-order valence-electron chi connectivity index (χ2n) is 4.37. The predicted molar refractivity (Wildman–Crippen MR) is 73.8 cm³/mol. The lowest BCUT2D eigenvalue weighted by molar-refractivity contribution is 0.310. The Morgan fingerprint density at radius 2 is 1.89 bits per heavy atom. The van der Waals surface area contributed by atoms with Crippen LogP contribution in [0.15, 0.2) is 16.6 Å². The van der Waals surface area contributed by atoms with Gasteiger partial charge in [0.05, 0.1) is 4.47 Å². The van der Waals surface area contributed by atoms with Gasteiger partial charge in [0.25, 0.3) is 0 Å². The molecule has 0 saturated carbocycles. The molecular formula is C12H16BrClF2N2. The van der Waals surface area contributed by atoms with E-state index in [1.807, 2.05) is 0 Å². The Kier molecular flexibility index (Phi) is 5.98. The maximum Gasteiger partial charge on any atom is 0.145 e. The zero-order valence-corrected chi connectivity index (χ0v) is 12.2. The third-order valence-corrected chi connectivity index (χ3v) is 3.92. The fourth-order valence-corrected chi connectivity index (χ4v) is 2.63. The number of hydrogen-bond acceptors (Lipinski definition) is 2. The van der Waals surface area contributed by atoms with Crippen molar-refractivity contribution in [2.24, 2.45) is 11.7 Å². The van der Waals surface area contributed by atoms with E-state index < -0.39 is 17.7 Å². The summed E-state index contributed by atoms with van der Waals surface area (Å²) in [7, 11) is 0. The van der Waals surface area contributed by atoms with Crippen LogP contribution in [0.1, 0.15) is 24.4 Å². The molecule has 0 spiro atoms. The van der Waals surface area contributed by atoms with E-state index in [2.05, 4.69) is 21.2 Å². The Hall–Kier alpha value is -0.230. The van der Waals surface area contributed by atoms with Gasteiger partial charge in [0, 0.05) is 11.6 Å². The highest BCUT2D eigenvalue weighted by Crippen LogP contribution is 2.32. The minimum Gasteiger partial charge on any atom is -0.324 e. The molecule has 2 nitrogen and oxygen atoms in total. The highest BCUT2D eigenvalue weighted by Gasteiger charge is 2.27. The van der Waals surface area contributed by atoms with E-state index in [9.17, 15) is 8.78 Å². The summed E-state index contributed by atoms with van der Waals surface area (Å²) >= 11 is 3.06. The van der Waals surface area contributed by atoms with E-state index in [4.69, 9.17) is 5.73 Å². The molecule has 0 aliphatic carbocycles. The maximum atomic E-state index is 13.9. The molecule has 1 aliphatic heterocycles. The van der Waals surface area contributed by atoms with Crippen molar-refractivity contribution in [1.82, 2.24) is 5.32 Å². The minimum absolute atomic E-state index is 0. The predicted octanol–water partition coefficient (Wildman–Crippen LogP) is 3.15. The number of benzene rings is 1. The Bertz CT molecular complexity index is 411. The Morgan fingerprint density at radius 3 is 2.50 bits per heavy atom. The topological polar surface area (TPSA) is 38.0 Å². The fourth-order valence-electron chi connectivity index (χ4n) is 2.29. The summed E-state index contributed by atoms with van der Waals surface area (Å²) in [6.07, 6.45) is 1.71. The average Bonchev–Trinajstić information content (AvgIpc) is 2.35. The summed E-state index contributed by atoms with van der Waals surface area (Å²) in [6.45, 7) is 1.71. The normalized spacial score (nSPS) is 18.2. The van der Waals surface area contributed by atoms with Crippen molar-refractivity contribution < 1.29 is 8.78 Å². The van der Waals surface area contributed by atoms with Crippen molar-refractivity contribution in [1.29, 1.82) is 0 Å². The highest BCUT2D eigenvalue weighted by atomic mass is 79.9. The lowest BCUT2D eigenvalue weighted by Crippen LogP contribution is -2.34. The number of rotatable bonds is 2. The Labute approximate surface area is 120 Å². The second kappa shape index (κ2) is 6.80. The number of halogens is 4. The Morgan fingerprint density at radius 1 is 1.28 bits per heavy atom. The van der Waals surface area contributed by atoms with Gasteiger partial charge in [-0.3, -0.25) is 0 Å². The summed E-state index contributed by atoms with van der Waals surface area (Å²) < 4.78 is 27.8. The smallest absolute Gasteiger partial charge is 0.145 e. The van der Waals surface area contributed by atoms with Crippen LogP contribution in [-0.4, -0.2) is 13.1 Å². The van der Waals surface area contributed by atoms with Gasteiger partial charge >= 0.3 is 0 Å². The lowest BCUT2D eigenvalue weighted by atomic mass is 9.86. The molecule has 0 unspecified atom stereocenters. The third kappa shape index (κ3) is 3.20. The molecule has 1 aliphatic rings. The summed E-state index contributed by atoms with van der Waals surface area (Å²) in [5, 5.41) is 3.21. The van der Waals surface area contributed by atoms with Gasteiger partial charge in [-0.2, -0.15) is 0 Å². The highest BCUT2D eigenvalue weighted by molar-refractivity contribution is 9.10. The number of hydrogen-bond donors (Lipinski definition) is 2. The van der Waals surface area contributed by atoms with Crippen molar-refractivity contribution in [3.8, 4) is 0 Å². The zero-order chi connectivity index (χ0) is 12.4. The molecule has 1 aromatic rings. The molecule has 0 amide bonds. The summed E-state index contributed by atoms with van der Waals surface area (Å²) in [5.41, 5.74) is 6.02. The number of nitrogens with two attached hydrogens (primary N) is 1. The molecule has 1 saturated heterocycles. The van der Waals surface area contributed by atoms with Gasteiger partial charge < -0.3 is 11.1 Å². The molecule has 18 heavy (non-hydrogen) atoms. The van der Waals surface area contributed by atoms with Crippen LogP contribution in [-0.2, 0) is 0 Å². The second-order valence-corrected chi connectivity index (χ2v) is 5.22. The molecule has 1 heterocycles. The van der Waals surface area contributed by atoms with E-state index in [0.29, 0.717) is 0 Å². The van der Waals surface area contributed by atoms with Crippen LogP contribution >= 0.6 is 28.3 Å². The first-order chi connectivity index (χ1) is 8.11. The molecule has 102 valence electrons. The van der Waals surface area contributed by atoms with Gasteiger partial charge in [0.15, 0.2) is 0 Å². The van der Waals surface area contributed by atoms with Crippen LogP contribution in [0, 0.1) is 17.6 Å². The Balaban J connectivity index is 0.00000162. The van der Waals surface area contributed by atoms with Gasteiger partial charge in [0.2, 0.25) is 0 Å². The van der Waals surface area contributed by atoms with Crippen LogP contribution in [0.2, 0.25) is 0 Å². The molecule has 1 aromatic carbocycles. The first kappa shape index (κ1) is 15.8. The van der Waals surface area contributed by atoms with E-state index in [1.54, 1.807) is 0 Å². The van der Waals surface area contributed by atoms with Gasteiger partial charge in [-0.05, 0) is 59.9 Å². The van der Waals surface area contributed by atoms with Crippen molar-refractivity contribution in [2.75, 3.05) is 13.1 Å². The van der Waals surface area contributed by atoms with Crippen LogP contribution < -0.4 is 11.1 Å². The molecule has 3 N–H and O–H groups in total. The quantitative estimate of drug-likeness (QED) is 0.811. The largest absolute Gasteiger partial charge is 0.324 e. The summed E-state index contributed by atoms with van der Waals surface area (Å²) in [4.78, 5) is 0. The first-order valence-electron chi connectivity index (χ1n) is 5.71. The molecule has 6 heteroatoms. The van der Waals surface area contributed by atoms with Crippen LogP contribution in [0.25, 0.3) is 0 Å². The number of nitrogens with one attached hydrogen (secondary N) is 1. The maximum absolute atomic E-state index is 13.9. The van der Waals surface area contributed by atoms with Gasteiger partial charge in [-0.15, -0.1) is 12.4 Å². The van der Waals surface area contributed by atoms with Crippen molar-refractivity contribution in [3.05, 3.63) is 33.8 Å². The summed E-state index contributed by atoms with van der Waals surface area (Å²) in [5.74, 6) is -0.998. The molecular weight excluding hydrogens is 325 g/mol. The van der Waals surface area contributed by atoms with Crippen molar-refractivity contribution in [3.63, 3.8) is 0 Å². The van der Waals surface area contributed by atoms with E-state index in [1.165, 1.54) is 12.1 Å². The first-order valence-corrected chi connectivity index (χ1v) is 6.50. The number of piperidine rings is 1. The van der Waals surface area contributed by atoms with Crippen LogP contribution in [0.4, 0.5) is 8.78 Å². The van der Waals surface area contributed by atoms with Gasteiger partial charge in [0.1, 0.15) is 11.6 Å². The third-order valence-electron chi connectivity index (χ3n) is 3.30. The summed E-state index contributed by atoms with van der Waals surface area (Å²) in [6, 6.07) is 2.04. The lowest BCUT2D eigenvalue weighted by Gasteiger charge is -2.28. The SMILES string of the molecule is Cl.N[C@@H](c1c(F)ccc(Br)c1F)C1CCNCC1. The van der Waals surface area contributed by atoms with Gasteiger partial charge in [-0.1, -0.05) is 0 Å². The average molecular weight is 342 g/mol.